The SMILES string of the molecule is NC1CCCN(C(=O)CC2CCC2)C1. The molecule has 1 unspecified atom stereocenters. The average Bonchev–Trinajstić information content (AvgIpc) is 2.11. The van der Waals surface area contributed by atoms with Gasteiger partial charge in [-0.25, -0.2) is 0 Å². The Morgan fingerprint density at radius 3 is 2.64 bits per heavy atom. The molecule has 1 aliphatic carbocycles. The summed E-state index contributed by atoms with van der Waals surface area (Å²) >= 11 is 0. The van der Waals surface area contributed by atoms with Crippen LogP contribution in [-0.2, 0) is 4.79 Å². The highest BCUT2D eigenvalue weighted by molar-refractivity contribution is 5.76. The van der Waals surface area contributed by atoms with E-state index in [9.17, 15) is 4.79 Å². The second kappa shape index (κ2) is 4.30. The van der Waals surface area contributed by atoms with Gasteiger partial charge >= 0.3 is 0 Å². The first-order valence-corrected chi connectivity index (χ1v) is 5.79. The molecule has 1 heterocycles. The molecule has 0 radical (unpaired) electrons. The van der Waals surface area contributed by atoms with Gasteiger partial charge in [-0.05, 0) is 31.6 Å². The Morgan fingerprint density at radius 1 is 1.29 bits per heavy atom. The van der Waals surface area contributed by atoms with E-state index in [1.165, 1.54) is 19.3 Å². The number of amides is 1. The summed E-state index contributed by atoms with van der Waals surface area (Å²) in [6, 6.07) is 0.217. The molecule has 14 heavy (non-hydrogen) atoms. The maximum atomic E-state index is 11.8. The van der Waals surface area contributed by atoms with Gasteiger partial charge in [-0.15, -0.1) is 0 Å². The minimum Gasteiger partial charge on any atom is -0.341 e. The van der Waals surface area contributed by atoms with Crippen molar-refractivity contribution in [1.29, 1.82) is 0 Å². The fourth-order valence-electron chi connectivity index (χ4n) is 2.31. The predicted molar refractivity (Wildman–Crippen MR) is 55.7 cm³/mol. The lowest BCUT2D eigenvalue weighted by Crippen LogP contribution is -2.46. The van der Waals surface area contributed by atoms with E-state index in [4.69, 9.17) is 5.73 Å². The van der Waals surface area contributed by atoms with Crippen LogP contribution >= 0.6 is 0 Å². The van der Waals surface area contributed by atoms with Crippen molar-refractivity contribution in [2.75, 3.05) is 13.1 Å². The molecule has 2 fully saturated rings. The molecule has 1 aliphatic heterocycles. The number of nitrogens with two attached hydrogens (primary N) is 1. The van der Waals surface area contributed by atoms with Gasteiger partial charge in [0.15, 0.2) is 0 Å². The summed E-state index contributed by atoms with van der Waals surface area (Å²) in [6.45, 7) is 1.71. The molecule has 2 rings (SSSR count). The zero-order chi connectivity index (χ0) is 9.97. The fourth-order valence-corrected chi connectivity index (χ4v) is 2.31. The number of likely N-dealkylation sites (tertiary alicyclic amines) is 1. The topological polar surface area (TPSA) is 46.3 Å². The van der Waals surface area contributed by atoms with Crippen molar-refractivity contribution in [1.82, 2.24) is 4.90 Å². The van der Waals surface area contributed by atoms with Crippen LogP contribution in [-0.4, -0.2) is 29.9 Å². The number of hydrogen-bond acceptors (Lipinski definition) is 2. The van der Waals surface area contributed by atoms with Gasteiger partial charge in [0.25, 0.3) is 0 Å². The largest absolute Gasteiger partial charge is 0.341 e. The maximum absolute atomic E-state index is 11.8. The third-order valence-electron chi connectivity index (χ3n) is 3.50. The molecule has 1 saturated carbocycles. The Morgan fingerprint density at radius 2 is 2.07 bits per heavy atom. The van der Waals surface area contributed by atoms with Crippen LogP contribution < -0.4 is 5.73 Å². The molecule has 1 saturated heterocycles. The number of nitrogens with zero attached hydrogens (tertiary/aromatic N) is 1. The lowest BCUT2D eigenvalue weighted by Gasteiger charge is -2.33. The minimum absolute atomic E-state index is 0.217. The lowest BCUT2D eigenvalue weighted by atomic mass is 9.82. The van der Waals surface area contributed by atoms with Gasteiger partial charge in [0.2, 0.25) is 5.91 Å². The number of piperidine rings is 1. The number of hydrogen-bond donors (Lipinski definition) is 1. The van der Waals surface area contributed by atoms with E-state index in [-0.39, 0.29) is 6.04 Å². The highest BCUT2D eigenvalue weighted by Crippen LogP contribution is 2.30. The van der Waals surface area contributed by atoms with E-state index < -0.39 is 0 Å². The number of carbonyl (C=O) groups is 1. The summed E-state index contributed by atoms with van der Waals surface area (Å²) in [6.07, 6.45) is 6.76. The summed E-state index contributed by atoms with van der Waals surface area (Å²) in [5.74, 6) is 1.02. The molecule has 3 heteroatoms. The van der Waals surface area contributed by atoms with Crippen LogP contribution in [0.15, 0.2) is 0 Å². The third kappa shape index (κ3) is 2.27. The fraction of sp³-hybridized carbons (Fsp3) is 0.909. The molecule has 2 N–H and O–H groups in total. The van der Waals surface area contributed by atoms with E-state index in [1.807, 2.05) is 4.90 Å². The van der Waals surface area contributed by atoms with Crippen molar-refractivity contribution in [3.05, 3.63) is 0 Å². The highest BCUT2D eigenvalue weighted by Gasteiger charge is 2.26. The first-order valence-electron chi connectivity index (χ1n) is 5.79. The van der Waals surface area contributed by atoms with E-state index in [0.29, 0.717) is 11.8 Å². The number of carbonyl (C=O) groups excluding carboxylic acids is 1. The number of rotatable bonds is 2. The van der Waals surface area contributed by atoms with Crippen LogP contribution in [0.25, 0.3) is 0 Å². The quantitative estimate of drug-likeness (QED) is 0.719. The molecule has 0 aromatic rings. The van der Waals surface area contributed by atoms with Crippen molar-refractivity contribution in [2.45, 2.75) is 44.6 Å². The zero-order valence-corrected chi connectivity index (χ0v) is 8.74. The van der Waals surface area contributed by atoms with Crippen LogP contribution in [0.5, 0.6) is 0 Å². The monoisotopic (exact) mass is 196 g/mol. The molecule has 0 aromatic carbocycles. The molecule has 1 atom stereocenters. The standard InChI is InChI=1S/C11H20N2O/c12-10-5-2-6-13(8-10)11(14)7-9-3-1-4-9/h9-10H,1-8,12H2. The summed E-state index contributed by atoms with van der Waals surface area (Å²) in [4.78, 5) is 13.8. The highest BCUT2D eigenvalue weighted by atomic mass is 16.2. The molecule has 80 valence electrons. The summed E-state index contributed by atoms with van der Waals surface area (Å²) in [7, 11) is 0. The molecule has 3 nitrogen and oxygen atoms in total. The summed E-state index contributed by atoms with van der Waals surface area (Å²) in [5.41, 5.74) is 5.85. The van der Waals surface area contributed by atoms with Gasteiger partial charge in [-0.3, -0.25) is 4.79 Å². The van der Waals surface area contributed by atoms with E-state index in [0.717, 1.165) is 32.4 Å². The van der Waals surface area contributed by atoms with E-state index >= 15 is 0 Å². The first kappa shape index (κ1) is 9.97. The van der Waals surface area contributed by atoms with Crippen LogP contribution in [0.4, 0.5) is 0 Å². The second-order valence-electron chi connectivity index (χ2n) is 4.74. The van der Waals surface area contributed by atoms with E-state index in [1.54, 1.807) is 0 Å². The Balaban J connectivity index is 1.77. The molecular formula is C11H20N2O. The molecule has 0 bridgehead atoms. The van der Waals surface area contributed by atoms with Crippen LogP contribution in [0.3, 0.4) is 0 Å². The van der Waals surface area contributed by atoms with Gasteiger partial charge < -0.3 is 10.6 Å². The van der Waals surface area contributed by atoms with E-state index in [2.05, 4.69) is 0 Å². The van der Waals surface area contributed by atoms with Gasteiger partial charge in [-0.2, -0.15) is 0 Å². The summed E-state index contributed by atoms with van der Waals surface area (Å²) in [5, 5.41) is 0. The average molecular weight is 196 g/mol. The Kier molecular flexibility index (Phi) is 3.06. The van der Waals surface area contributed by atoms with Gasteiger partial charge in [0.05, 0.1) is 0 Å². The van der Waals surface area contributed by atoms with Gasteiger partial charge in [0, 0.05) is 25.6 Å². The minimum atomic E-state index is 0.217. The van der Waals surface area contributed by atoms with Gasteiger partial charge in [-0.1, -0.05) is 6.42 Å². The molecule has 1 amide bonds. The Labute approximate surface area is 85.6 Å². The molecule has 0 spiro atoms. The van der Waals surface area contributed by atoms with Gasteiger partial charge in [0.1, 0.15) is 0 Å². The van der Waals surface area contributed by atoms with Crippen LogP contribution in [0.2, 0.25) is 0 Å². The third-order valence-corrected chi connectivity index (χ3v) is 3.50. The second-order valence-corrected chi connectivity index (χ2v) is 4.74. The van der Waals surface area contributed by atoms with Crippen molar-refractivity contribution >= 4 is 5.91 Å². The lowest BCUT2D eigenvalue weighted by molar-refractivity contribution is -0.134. The smallest absolute Gasteiger partial charge is 0.222 e. The molecule has 2 aliphatic rings. The van der Waals surface area contributed by atoms with Crippen molar-refractivity contribution < 1.29 is 4.79 Å². The summed E-state index contributed by atoms with van der Waals surface area (Å²) < 4.78 is 0. The normalized spacial score (nSPS) is 28.6. The van der Waals surface area contributed by atoms with Crippen molar-refractivity contribution in [3.63, 3.8) is 0 Å². The van der Waals surface area contributed by atoms with Crippen molar-refractivity contribution in [2.24, 2.45) is 11.7 Å². The Bertz CT molecular complexity index is 213. The van der Waals surface area contributed by atoms with Crippen molar-refractivity contribution in [3.8, 4) is 0 Å². The molecule has 0 aromatic heterocycles. The first-order chi connectivity index (χ1) is 6.75. The maximum Gasteiger partial charge on any atom is 0.222 e. The predicted octanol–water partition coefficient (Wildman–Crippen LogP) is 1.13. The Hall–Kier alpha value is -0.570. The van der Waals surface area contributed by atoms with Crippen LogP contribution in [0, 0.1) is 5.92 Å². The zero-order valence-electron chi connectivity index (χ0n) is 8.74. The molecular weight excluding hydrogens is 176 g/mol. The van der Waals surface area contributed by atoms with Crippen LogP contribution in [0.1, 0.15) is 38.5 Å².